The van der Waals surface area contributed by atoms with Gasteiger partial charge in [0.1, 0.15) is 12.2 Å². The smallest absolute Gasteiger partial charge is 0.335 e. The third-order valence-electron chi connectivity index (χ3n) is 4.98. The Morgan fingerprint density at radius 3 is 2.29 bits per heavy atom. The lowest BCUT2D eigenvalue weighted by Gasteiger charge is -2.26. The van der Waals surface area contributed by atoms with E-state index in [1.54, 1.807) is 42.5 Å². The molecule has 0 saturated carbocycles. The molecule has 1 aliphatic rings. The van der Waals surface area contributed by atoms with Gasteiger partial charge in [0.15, 0.2) is 11.5 Å². The van der Waals surface area contributed by atoms with Gasteiger partial charge >= 0.3 is 6.03 Å². The molecule has 0 spiro atoms. The fourth-order valence-electron chi connectivity index (χ4n) is 3.44. The van der Waals surface area contributed by atoms with Gasteiger partial charge in [-0.2, -0.15) is 0 Å². The van der Waals surface area contributed by atoms with E-state index in [-0.39, 0.29) is 17.2 Å². The van der Waals surface area contributed by atoms with E-state index in [1.807, 2.05) is 37.3 Å². The lowest BCUT2D eigenvalue weighted by atomic mass is 10.1. The molecule has 1 N–H and O–H groups in total. The Labute approximate surface area is 201 Å². The van der Waals surface area contributed by atoms with Crippen molar-refractivity contribution in [2.75, 3.05) is 11.5 Å². The minimum absolute atomic E-state index is 0.208. The van der Waals surface area contributed by atoms with Crippen molar-refractivity contribution in [1.82, 2.24) is 5.32 Å². The average Bonchev–Trinajstić information content (AvgIpc) is 2.83. The highest BCUT2D eigenvalue weighted by atomic mass is 35.5. The second-order valence-electron chi connectivity index (χ2n) is 7.33. The van der Waals surface area contributed by atoms with Crippen LogP contribution in [0.15, 0.2) is 78.4 Å². The molecule has 3 aromatic carbocycles. The number of urea groups is 1. The van der Waals surface area contributed by atoms with Crippen molar-refractivity contribution in [3.63, 3.8) is 0 Å². The highest BCUT2D eigenvalue weighted by Crippen LogP contribution is 2.38. The minimum atomic E-state index is -0.809. The topological polar surface area (TPSA) is 84.9 Å². The van der Waals surface area contributed by atoms with Gasteiger partial charge in [0.2, 0.25) is 0 Å². The van der Waals surface area contributed by atoms with E-state index in [2.05, 4.69) is 5.32 Å². The fraction of sp³-hybridized carbons (Fsp3) is 0.115. The van der Waals surface area contributed by atoms with Crippen LogP contribution >= 0.6 is 11.6 Å². The zero-order valence-electron chi connectivity index (χ0n) is 18.3. The Hall–Kier alpha value is -4.10. The number of carbonyl (C=O) groups excluding carboxylic acids is 3. The first-order valence-electron chi connectivity index (χ1n) is 10.6. The zero-order chi connectivity index (χ0) is 24.1. The minimum Gasteiger partial charge on any atom is -0.490 e. The number of rotatable bonds is 7. The molecule has 0 radical (unpaired) electrons. The molecule has 1 fully saturated rings. The van der Waals surface area contributed by atoms with Crippen molar-refractivity contribution in [3.05, 3.63) is 94.5 Å². The van der Waals surface area contributed by atoms with Gasteiger partial charge < -0.3 is 9.47 Å². The summed E-state index contributed by atoms with van der Waals surface area (Å²) < 4.78 is 11.6. The third-order valence-corrected chi connectivity index (χ3v) is 5.27. The SMILES string of the molecule is CCOc1cc(/C=C2\C(=O)NC(=O)N(c3ccccc3)C2=O)cc(Cl)c1OCc1ccccc1. The number of ether oxygens (including phenoxy) is 2. The first-order valence-corrected chi connectivity index (χ1v) is 10.9. The quantitative estimate of drug-likeness (QED) is 0.384. The van der Waals surface area contributed by atoms with Crippen molar-refractivity contribution < 1.29 is 23.9 Å². The number of nitrogens with one attached hydrogen (secondary N) is 1. The number of amides is 4. The molecule has 1 saturated heterocycles. The number of anilines is 1. The largest absolute Gasteiger partial charge is 0.490 e. The summed E-state index contributed by atoms with van der Waals surface area (Å²) in [6.45, 7) is 2.46. The summed E-state index contributed by atoms with van der Waals surface area (Å²) in [7, 11) is 0. The molecule has 0 aliphatic carbocycles. The second-order valence-corrected chi connectivity index (χ2v) is 7.74. The van der Waals surface area contributed by atoms with Crippen LogP contribution in [0.1, 0.15) is 18.1 Å². The van der Waals surface area contributed by atoms with Crippen molar-refractivity contribution in [3.8, 4) is 11.5 Å². The number of barbiturate groups is 1. The number of benzene rings is 3. The second kappa shape index (κ2) is 10.2. The Balaban J connectivity index is 1.66. The van der Waals surface area contributed by atoms with Gasteiger partial charge in [0.05, 0.1) is 17.3 Å². The summed E-state index contributed by atoms with van der Waals surface area (Å²) in [5, 5.41) is 2.46. The van der Waals surface area contributed by atoms with Gasteiger partial charge in [-0.3, -0.25) is 14.9 Å². The molecule has 34 heavy (non-hydrogen) atoms. The summed E-state index contributed by atoms with van der Waals surface area (Å²) in [6.07, 6.45) is 1.37. The fourth-order valence-corrected chi connectivity index (χ4v) is 3.71. The Morgan fingerprint density at radius 1 is 0.941 bits per heavy atom. The van der Waals surface area contributed by atoms with E-state index in [0.717, 1.165) is 10.5 Å². The molecule has 172 valence electrons. The first kappa shape index (κ1) is 23.1. The first-order chi connectivity index (χ1) is 16.5. The molecule has 0 bridgehead atoms. The predicted molar refractivity (Wildman–Crippen MR) is 129 cm³/mol. The van der Waals surface area contributed by atoms with Crippen LogP contribution in [0.25, 0.3) is 6.08 Å². The van der Waals surface area contributed by atoms with Gasteiger partial charge in [-0.1, -0.05) is 60.1 Å². The monoisotopic (exact) mass is 476 g/mol. The highest BCUT2D eigenvalue weighted by molar-refractivity contribution is 6.39. The van der Waals surface area contributed by atoms with E-state index in [1.165, 1.54) is 6.08 Å². The molecule has 1 heterocycles. The number of nitrogens with zero attached hydrogens (tertiary/aromatic N) is 1. The number of carbonyl (C=O) groups is 3. The molecule has 4 amide bonds. The maximum atomic E-state index is 13.1. The normalized spacial score (nSPS) is 14.8. The average molecular weight is 477 g/mol. The van der Waals surface area contributed by atoms with Crippen LogP contribution in [0, 0.1) is 0 Å². The summed E-state index contributed by atoms with van der Waals surface area (Å²) in [4.78, 5) is 38.8. The molecule has 0 aromatic heterocycles. The maximum Gasteiger partial charge on any atom is 0.335 e. The summed E-state index contributed by atoms with van der Waals surface area (Å²) in [6, 6.07) is 20.3. The van der Waals surface area contributed by atoms with Crippen LogP contribution in [-0.2, 0) is 16.2 Å². The molecule has 0 unspecified atom stereocenters. The molecule has 8 heteroatoms. The van der Waals surface area contributed by atoms with E-state index in [0.29, 0.717) is 29.4 Å². The van der Waals surface area contributed by atoms with Crippen LogP contribution in [-0.4, -0.2) is 24.5 Å². The molecular weight excluding hydrogens is 456 g/mol. The number of hydrogen-bond acceptors (Lipinski definition) is 5. The van der Waals surface area contributed by atoms with Crippen molar-refractivity contribution in [2.45, 2.75) is 13.5 Å². The Morgan fingerprint density at radius 2 is 1.62 bits per heavy atom. The molecular formula is C26H21ClN2O5. The number of hydrogen-bond donors (Lipinski definition) is 1. The third kappa shape index (κ3) is 4.94. The Bertz CT molecular complexity index is 1260. The lowest BCUT2D eigenvalue weighted by molar-refractivity contribution is -0.122. The van der Waals surface area contributed by atoms with Gasteiger partial charge in [0.25, 0.3) is 11.8 Å². The standard InChI is InChI=1S/C26H21ClN2O5/c1-2-33-22-15-18(14-21(27)23(22)34-16-17-9-5-3-6-10-17)13-20-24(30)28-26(32)29(25(20)31)19-11-7-4-8-12-19/h3-15H,2,16H2,1H3,(H,28,30,32)/b20-13+. The summed E-state index contributed by atoms with van der Waals surface area (Å²) in [5.41, 5.74) is 1.55. The van der Waals surface area contributed by atoms with E-state index < -0.39 is 17.8 Å². The molecule has 1 aliphatic heterocycles. The summed E-state index contributed by atoms with van der Waals surface area (Å²) >= 11 is 6.49. The van der Waals surface area contributed by atoms with E-state index in [4.69, 9.17) is 21.1 Å². The van der Waals surface area contributed by atoms with Crippen LogP contribution in [0.2, 0.25) is 5.02 Å². The molecule has 3 aromatic rings. The summed E-state index contributed by atoms with van der Waals surface area (Å²) in [5.74, 6) is -0.799. The van der Waals surface area contributed by atoms with Crippen molar-refractivity contribution >= 4 is 41.2 Å². The molecule has 4 rings (SSSR count). The van der Waals surface area contributed by atoms with Gasteiger partial charge in [-0.25, -0.2) is 9.69 Å². The van der Waals surface area contributed by atoms with Gasteiger partial charge in [-0.05, 0) is 48.4 Å². The van der Waals surface area contributed by atoms with Crippen LogP contribution < -0.4 is 19.7 Å². The van der Waals surface area contributed by atoms with Crippen molar-refractivity contribution in [2.24, 2.45) is 0 Å². The number of para-hydroxylation sites is 1. The van der Waals surface area contributed by atoms with Crippen LogP contribution in [0.3, 0.4) is 0 Å². The zero-order valence-corrected chi connectivity index (χ0v) is 19.0. The Kier molecular flexibility index (Phi) is 6.94. The van der Waals surface area contributed by atoms with Crippen molar-refractivity contribution in [1.29, 1.82) is 0 Å². The van der Waals surface area contributed by atoms with E-state index >= 15 is 0 Å². The predicted octanol–water partition coefficient (Wildman–Crippen LogP) is 4.98. The highest BCUT2D eigenvalue weighted by Gasteiger charge is 2.36. The number of halogens is 1. The van der Waals surface area contributed by atoms with Crippen LogP contribution in [0.4, 0.5) is 10.5 Å². The van der Waals surface area contributed by atoms with Gasteiger partial charge in [0, 0.05) is 0 Å². The van der Waals surface area contributed by atoms with Crippen LogP contribution in [0.5, 0.6) is 11.5 Å². The maximum absolute atomic E-state index is 13.1. The lowest BCUT2D eigenvalue weighted by Crippen LogP contribution is -2.54. The van der Waals surface area contributed by atoms with E-state index in [9.17, 15) is 14.4 Å². The molecule has 0 atom stereocenters. The number of imide groups is 2. The molecule has 7 nitrogen and oxygen atoms in total. The van der Waals surface area contributed by atoms with Gasteiger partial charge in [-0.15, -0.1) is 0 Å².